The van der Waals surface area contributed by atoms with Gasteiger partial charge in [0.25, 0.3) is 0 Å². The van der Waals surface area contributed by atoms with Crippen molar-refractivity contribution in [2.75, 3.05) is 6.54 Å². The lowest BCUT2D eigenvalue weighted by atomic mass is 9.96. The Morgan fingerprint density at radius 1 is 0.629 bits per heavy atom. The highest BCUT2D eigenvalue weighted by molar-refractivity contribution is 6.14. The molecule has 2 aliphatic rings. The third-order valence-electron chi connectivity index (χ3n) is 6.86. The topological polar surface area (TPSA) is 20.5 Å². The van der Waals surface area contributed by atoms with Crippen LogP contribution in [0.1, 0.15) is 5.56 Å². The summed E-state index contributed by atoms with van der Waals surface area (Å²) in [5.74, 6) is 0.931. The zero-order chi connectivity index (χ0) is 23.2. The van der Waals surface area contributed by atoms with Crippen molar-refractivity contribution in [3.8, 4) is 11.1 Å². The van der Waals surface area contributed by atoms with E-state index in [0.29, 0.717) is 0 Å². The number of rotatable bonds is 2. The number of aromatic nitrogens is 1. The summed E-state index contributed by atoms with van der Waals surface area (Å²) in [6, 6.07) is 36.4. The second-order valence-corrected chi connectivity index (χ2v) is 8.88. The minimum atomic E-state index is 0.779. The van der Waals surface area contributed by atoms with E-state index < -0.39 is 0 Å². The van der Waals surface area contributed by atoms with Crippen LogP contribution in [0, 0.1) is 0 Å². The Morgan fingerprint density at radius 2 is 1.29 bits per heavy atom. The maximum absolute atomic E-state index is 5.09. The Hall–Kier alpha value is -4.63. The molecule has 0 aliphatic carbocycles. The van der Waals surface area contributed by atoms with Gasteiger partial charge in [-0.3, -0.25) is 4.57 Å². The van der Waals surface area contributed by atoms with Crippen LogP contribution < -0.4 is 0 Å². The molecule has 2 aliphatic heterocycles. The van der Waals surface area contributed by atoms with Crippen LogP contribution in [-0.2, 0) is 0 Å². The normalized spacial score (nSPS) is 15.1. The zero-order valence-electron chi connectivity index (χ0n) is 19.2. The highest BCUT2D eigenvalue weighted by Gasteiger charge is 2.27. The predicted octanol–water partition coefficient (Wildman–Crippen LogP) is 7.48. The maximum atomic E-state index is 5.09. The van der Waals surface area contributed by atoms with Gasteiger partial charge < -0.3 is 4.90 Å². The van der Waals surface area contributed by atoms with Gasteiger partial charge in [-0.25, -0.2) is 4.99 Å². The molecule has 5 aromatic rings. The van der Waals surface area contributed by atoms with Gasteiger partial charge >= 0.3 is 0 Å². The van der Waals surface area contributed by atoms with E-state index in [1.807, 2.05) is 6.20 Å². The molecule has 3 heterocycles. The number of aliphatic imine (C=N–C) groups is 1. The van der Waals surface area contributed by atoms with Crippen LogP contribution in [0.25, 0.3) is 38.5 Å². The number of para-hydroxylation sites is 2. The smallest absolute Gasteiger partial charge is 0.215 e. The quantitative estimate of drug-likeness (QED) is 0.274. The summed E-state index contributed by atoms with van der Waals surface area (Å²) < 4.78 is 2.30. The molecule has 0 atom stereocenters. The van der Waals surface area contributed by atoms with Gasteiger partial charge in [0.15, 0.2) is 0 Å². The van der Waals surface area contributed by atoms with Gasteiger partial charge in [-0.05, 0) is 41.0 Å². The van der Waals surface area contributed by atoms with Crippen molar-refractivity contribution in [3.05, 3.63) is 139 Å². The molecule has 0 saturated heterocycles. The second-order valence-electron chi connectivity index (χ2n) is 8.88. The Morgan fingerprint density at radius 3 is 2.06 bits per heavy atom. The summed E-state index contributed by atoms with van der Waals surface area (Å²) in [7, 11) is 0. The molecule has 0 amide bonds. The SMILES string of the molecule is C1=CCN2C(=C1)C(c1cccc(-c3ccccc3)c1)=CN=C2n1c2ccccc2c2ccccc21. The average Bonchev–Trinajstić information content (AvgIpc) is 3.27. The molecule has 35 heavy (non-hydrogen) atoms. The van der Waals surface area contributed by atoms with E-state index in [-0.39, 0.29) is 0 Å². The van der Waals surface area contributed by atoms with Gasteiger partial charge in [0.05, 0.1) is 16.7 Å². The van der Waals surface area contributed by atoms with Crippen molar-refractivity contribution in [3.63, 3.8) is 0 Å². The van der Waals surface area contributed by atoms with Crippen LogP contribution in [0.4, 0.5) is 0 Å². The van der Waals surface area contributed by atoms with Gasteiger partial charge in [-0.2, -0.15) is 0 Å². The average molecular weight is 450 g/mol. The van der Waals surface area contributed by atoms with Crippen molar-refractivity contribution in [1.29, 1.82) is 0 Å². The van der Waals surface area contributed by atoms with Gasteiger partial charge in [0.2, 0.25) is 5.96 Å². The number of benzene rings is 4. The Labute approximate surface area is 204 Å². The Bertz CT molecular complexity index is 1660. The van der Waals surface area contributed by atoms with Crippen LogP contribution in [0.2, 0.25) is 0 Å². The van der Waals surface area contributed by atoms with Gasteiger partial charge in [-0.1, -0.05) is 97.1 Å². The Balaban J connectivity index is 1.42. The highest BCUT2D eigenvalue weighted by atomic mass is 15.3. The van der Waals surface area contributed by atoms with Crippen LogP contribution in [-0.4, -0.2) is 22.0 Å². The summed E-state index contributed by atoms with van der Waals surface area (Å²) in [5.41, 5.74) is 8.24. The summed E-state index contributed by atoms with van der Waals surface area (Å²) in [4.78, 5) is 7.41. The fraction of sp³-hybridized carbons (Fsp3) is 0.0312. The molecule has 0 bridgehead atoms. The van der Waals surface area contributed by atoms with Crippen LogP contribution in [0.15, 0.2) is 138 Å². The molecule has 0 unspecified atom stereocenters. The van der Waals surface area contributed by atoms with Crippen molar-refractivity contribution in [1.82, 2.24) is 9.47 Å². The first-order valence-corrected chi connectivity index (χ1v) is 12.0. The van der Waals surface area contributed by atoms with E-state index in [9.17, 15) is 0 Å². The minimum Gasteiger partial charge on any atom is -0.307 e. The van der Waals surface area contributed by atoms with Crippen LogP contribution >= 0.6 is 0 Å². The van der Waals surface area contributed by atoms with Crippen molar-refractivity contribution in [2.24, 2.45) is 4.99 Å². The van der Waals surface area contributed by atoms with Gasteiger partial charge in [0.1, 0.15) is 0 Å². The lowest BCUT2D eigenvalue weighted by molar-refractivity contribution is 0.562. The molecule has 0 saturated carbocycles. The number of allylic oxidation sites excluding steroid dienone is 3. The molecule has 0 radical (unpaired) electrons. The predicted molar refractivity (Wildman–Crippen MR) is 146 cm³/mol. The molecule has 0 fully saturated rings. The molecule has 3 nitrogen and oxygen atoms in total. The highest BCUT2D eigenvalue weighted by Crippen LogP contribution is 2.36. The number of nitrogens with zero attached hydrogens (tertiary/aromatic N) is 3. The van der Waals surface area contributed by atoms with E-state index in [1.54, 1.807) is 0 Å². The summed E-state index contributed by atoms with van der Waals surface area (Å²) in [6.45, 7) is 0.779. The largest absolute Gasteiger partial charge is 0.307 e. The van der Waals surface area contributed by atoms with Crippen molar-refractivity contribution >= 4 is 33.3 Å². The van der Waals surface area contributed by atoms with Gasteiger partial charge in [-0.15, -0.1) is 0 Å². The van der Waals surface area contributed by atoms with E-state index in [1.165, 1.54) is 44.2 Å². The summed E-state index contributed by atoms with van der Waals surface area (Å²) in [5, 5.41) is 2.49. The molecule has 1 aromatic heterocycles. The number of hydrogen-bond donors (Lipinski definition) is 0. The molecule has 4 aromatic carbocycles. The molecule has 7 rings (SSSR count). The fourth-order valence-corrected chi connectivity index (χ4v) is 5.23. The van der Waals surface area contributed by atoms with Crippen molar-refractivity contribution < 1.29 is 0 Å². The summed E-state index contributed by atoms with van der Waals surface area (Å²) in [6.07, 6.45) is 8.57. The van der Waals surface area contributed by atoms with E-state index in [4.69, 9.17) is 4.99 Å². The maximum Gasteiger partial charge on any atom is 0.215 e. The second kappa shape index (κ2) is 8.00. The monoisotopic (exact) mass is 449 g/mol. The molecule has 3 heteroatoms. The zero-order valence-corrected chi connectivity index (χ0v) is 19.2. The van der Waals surface area contributed by atoms with E-state index >= 15 is 0 Å². The van der Waals surface area contributed by atoms with Gasteiger partial charge in [0, 0.05) is 29.1 Å². The first kappa shape index (κ1) is 19.8. The third kappa shape index (κ3) is 3.17. The minimum absolute atomic E-state index is 0.779. The molecule has 0 N–H and O–H groups in total. The molecule has 166 valence electrons. The van der Waals surface area contributed by atoms with Crippen LogP contribution in [0.5, 0.6) is 0 Å². The first-order valence-electron chi connectivity index (χ1n) is 12.0. The number of hydrogen-bond acceptors (Lipinski definition) is 2. The Kier molecular flexibility index (Phi) is 4.52. The fourth-order valence-electron chi connectivity index (χ4n) is 5.23. The standard InChI is InChI=1S/C32H23N3/c1-2-11-23(12-3-1)24-13-10-14-25(21-24)28-22-33-32(34-20-9-8-17-29(28)34)35-30-18-6-4-15-26(30)27-16-5-7-19-31(27)35/h1-19,21-22H,20H2. The van der Waals surface area contributed by atoms with E-state index in [2.05, 4.69) is 131 Å². The first-order chi connectivity index (χ1) is 17.4. The van der Waals surface area contributed by atoms with Crippen LogP contribution in [0.3, 0.4) is 0 Å². The lowest BCUT2D eigenvalue weighted by Gasteiger charge is -2.34. The molecular formula is C32H23N3. The lowest BCUT2D eigenvalue weighted by Crippen LogP contribution is -2.38. The molecular weight excluding hydrogens is 426 g/mol. The van der Waals surface area contributed by atoms with Crippen molar-refractivity contribution in [2.45, 2.75) is 0 Å². The van der Waals surface area contributed by atoms with E-state index in [0.717, 1.165) is 18.1 Å². The third-order valence-corrected chi connectivity index (χ3v) is 6.86. The summed E-state index contributed by atoms with van der Waals surface area (Å²) >= 11 is 0. The molecule has 0 spiro atoms. The number of fused-ring (bicyclic) bond motifs is 4.